The molecule has 2 aliphatic heterocycles. The highest BCUT2D eigenvalue weighted by Gasteiger charge is 2.35. The summed E-state index contributed by atoms with van der Waals surface area (Å²) in [6.45, 7) is 4.68. The van der Waals surface area contributed by atoms with E-state index in [0.29, 0.717) is 39.1 Å². The van der Waals surface area contributed by atoms with E-state index in [0.717, 1.165) is 22.7 Å². The smallest absolute Gasteiger partial charge is 0.227 e. The predicted octanol–water partition coefficient (Wildman–Crippen LogP) is 2.01. The third-order valence-electron chi connectivity index (χ3n) is 6.79. The Labute approximate surface area is 213 Å². The molecule has 2 heterocycles. The number of sulfonamides is 1. The van der Waals surface area contributed by atoms with Crippen molar-refractivity contribution in [2.75, 3.05) is 61.9 Å². The zero-order valence-electron chi connectivity index (χ0n) is 20.9. The van der Waals surface area contributed by atoms with Crippen LogP contribution in [0.2, 0.25) is 0 Å². The fraction of sp³-hybridized carbons (Fsp3) is 0.462. The van der Waals surface area contributed by atoms with Crippen LogP contribution in [0.1, 0.15) is 18.4 Å². The Balaban J connectivity index is 1.19. The molecule has 1 unspecified atom stereocenters. The molecular weight excluding hydrogens is 480 g/mol. The molecule has 194 valence electrons. The van der Waals surface area contributed by atoms with Crippen molar-refractivity contribution in [3.05, 3.63) is 54.1 Å². The topological polar surface area (TPSA) is 99.3 Å². The van der Waals surface area contributed by atoms with Crippen LogP contribution in [0.4, 0.5) is 11.4 Å². The van der Waals surface area contributed by atoms with E-state index in [-0.39, 0.29) is 30.5 Å². The van der Waals surface area contributed by atoms with Crippen molar-refractivity contribution in [3.63, 3.8) is 0 Å². The summed E-state index contributed by atoms with van der Waals surface area (Å²) in [5.41, 5.74) is 2.94. The number of rotatable bonds is 9. The van der Waals surface area contributed by atoms with Crippen molar-refractivity contribution in [1.82, 2.24) is 9.62 Å². The number of benzene rings is 2. The monoisotopic (exact) mass is 514 g/mol. The van der Waals surface area contributed by atoms with Crippen molar-refractivity contribution < 1.29 is 22.7 Å². The van der Waals surface area contributed by atoms with E-state index in [1.54, 1.807) is 12.0 Å². The van der Waals surface area contributed by atoms with Crippen molar-refractivity contribution in [1.29, 1.82) is 0 Å². The first-order valence-corrected chi connectivity index (χ1v) is 13.9. The molecule has 0 radical (unpaired) electrons. The second-order valence-electron chi connectivity index (χ2n) is 9.29. The van der Waals surface area contributed by atoms with Crippen LogP contribution >= 0.6 is 0 Å². The van der Waals surface area contributed by atoms with Gasteiger partial charge in [-0.05, 0) is 49.7 Å². The third kappa shape index (κ3) is 6.17. The molecule has 1 N–H and O–H groups in total. The molecule has 9 nitrogen and oxygen atoms in total. The normalized spacial score (nSPS) is 18.9. The van der Waals surface area contributed by atoms with Crippen molar-refractivity contribution in [2.45, 2.75) is 19.8 Å². The quantitative estimate of drug-likeness (QED) is 0.514. The summed E-state index contributed by atoms with van der Waals surface area (Å²) < 4.78 is 32.3. The second kappa shape index (κ2) is 11.3. The lowest BCUT2D eigenvalue weighted by atomic mass is 10.1. The van der Waals surface area contributed by atoms with Gasteiger partial charge in [-0.25, -0.2) is 8.42 Å². The molecule has 0 bridgehead atoms. The molecule has 0 saturated carbocycles. The second-order valence-corrected chi connectivity index (χ2v) is 11.4. The maximum Gasteiger partial charge on any atom is 0.227 e. The number of hydrogen-bond donors (Lipinski definition) is 1. The van der Waals surface area contributed by atoms with Crippen molar-refractivity contribution in [2.24, 2.45) is 5.92 Å². The summed E-state index contributed by atoms with van der Waals surface area (Å²) in [4.78, 5) is 28.8. The molecule has 0 aliphatic carbocycles. The number of methoxy groups -OCH3 is 1. The van der Waals surface area contributed by atoms with Gasteiger partial charge < -0.3 is 19.9 Å². The van der Waals surface area contributed by atoms with Gasteiger partial charge in [0.25, 0.3) is 0 Å². The lowest BCUT2D eigenvalue weighted by Crippen LogP contribution is -2.49. The van der Waals surface area contributed by atoms with Gasteiger partial charge >= 0.3 is 0 Å². The first kappa shape index (κ1) is 26.0. The van der Waals surface area contributed by atoms with Gasteiger partial charge in [0, 0.05) is 57.1 Å². The molecule has 4 rings (SSSR count). The van der Waals surface area contributed by atoms with E-state index >= 15 is 0 Å². The van der Waals surface area contributed by atoms with Crippen LogP contribution in [0.25, 0.3) is 0 Å². The summed E-state index contributed by atoms with van der Waals surface area (Å²) in [5, 5.41) is 2.82. The Bertz CT molecular complexity index is 1160. The lowest BCUT2D eigenvalue weighted by molar-refractivity contribution is -0.126. The fourth-order valence-electron chi connectivity index (χ4n) is 4.61. The van der Waals surface area contributed by atoms with Crippen LogP contribution in [0, 0.1) is 12.8 Å². The average molecular weight is 515 g/mol. The lowest BCUT2D eigenvalue weighted by Gasteiger charge is -2.35. The zero-order valence-corrected chi connectivity index (χ0v) is 21.7. The number of carbonyl (C=O) groups is 2. The highest BCUT2D eigenvalue weighted by molar-refractivity contribution is 7.89. The van der Waals surface area contributed by atoms with Gasteiger partial charge in [-0.15, -0.1) is 0 Å². The number of anilines is 2. The number of nitrogens with zero attached hydrogens (tertiary/aromatic N) is 3. The molecule has 2 aromatic rings. The molecule has 2 aromatic carbocycles. The SMILES string of the molecule is COc1ccc(N2CCN(S(=O)(=O)CCCNC(=O)C3CC(=O)N(c4ccc(C)cc4)C3)CC2)cc1. The largest absolute Gasteiger partial charge is 0.497 e. The van der Waals surface area contributed by atoms with Gasteiger partial charge in [0.05, 0.1) is 18.8 Å². The molecule has 1 atom stereocenters. The van der Waals surface area contributed by atoms with E-state index in [2.05, 4.69) is 10.2 Å². The number of carbonyl (C=O) groups excluding carboxylic acids is 2. The third-order valence-corrected chi connectivity index (χ3v) is 8.75. The summed E-state index contributed by atoms with van der Waals surface area (Å²) in [6, 6.07) is 15.4. The Morgan fingerprint density at radius 2 is 1.64 bits per heavy atom. The van der Waals surface area contributed by atoms with E-state index in [9.17, 15) is 18.0 Å². The van der Waals surface area contributed by atoms with Gasteiger partial charge in [0.15, 0.2) is 0 Å². The average Bonchev–Trinajstić information content (AvgIpc) is 3.28. The first-order valence-electron chi connectivity index (χ1n) is 12.3. The molecule has 2 fully saturated rings. The highest BCUT2D eigenvalue weighted by Crippen LogP contribution is 2.25. The van der Waals surface area contributed by atoms with E-state index in [1.165, 1.54) is 4.31 Å². The maximum atomic E-state index is 12.8. The number of nitrogens with one attached hydrogen (secondary N) is 1. The number of piperazine rings is 1. The summed E-state index contributed by atoms with van der Waals surface area (Å²) >= 11 is 0. The van der Waals surface area contributed by atoms with Gasteiger partial charge in [-0.2, -0.15) is 4.31 Å². The van der Waals surface area contributed by atoms with Crippen molar-refractivity contribution in [3.8, 4) is 5.75 Å². The molecule has 36 heavy (non-hydrogen) atoms. The highest BCUT2D eigenvalue weighted by atomic mass is 32.2. The van der Waals surface area contributed by atoms with Gasteiger partial charge in [0.2, 0.25) is 21.8 Å². The van der Waals surface area contributed by atoms with E-state index in [4.69, 9.17) is 4.74 Å². The molecule has 0 spiro atoms. The molecule has 0 aromatic heterocycles. The summed E-state index contributed by atoms with van der Waals surface area (Å²) in [6.07, 6.45) is 0.492. The van der Waals surface area contributed by atoms with Crippen LogP contribution in [-0.4, -0.2) is 76.7 Å². The number of amides is 2. The number of aryl methyl sites for hydroxylation is 1. The maximum absolute atomic E-state index is 12.8. The van der Waals surface area contributed by atoms with Gasteiger partial charge in [-0.3, -0.25) is 9.59 Å². The molecule has 2 amide bonds. The Kier molecular flexibility index (Phi) is 8.15. The minimum Gasteiger partial charge on any atom is -0.497 e. The van der Waals surface area contributed by atoms with E-state index in [1.807, 2.05) is 55.5 Å². The zero-order chi connectivity index (χ0) is 25.7. The van der Waals surface area contributed by atoms with Crippen LogP contribution in [0.3, 0.4) is 0 Å². The standard InChI is InChI=1S/C26H34N4O5S/c1-20-4-6-23(7-5-20)30-19-21(18-25(30)31)26(32)27-12-3-17-36(33,34)29-15-13-28(14-16-29)22-8-10-24(35-2)11-9-22/h4-11,21H,3,12-19H2,1-2H3,(H,27,32). The Hall–Kier alpha value is -3.11. The van der Waals surface area contributed by atoms with Gasteiger partial charge in [0.1, 0.15) is 5.75 Å². The van der Waals surface area contributed by atoms with Gasteiger partial charge in [-0.1, -0.05) is 17.7 Å². The summed E-state index contributed by atoms with van der Waals surface area (Å²) in [7, 11) is -1.78. The van der Waals surface area contributed by atoms with Crippen LogP contribution in [-0.2, 0) is 19.6 Å². The molecular formula is C26H34N4O5S. The number of ether oxygens (including phenoxy) is 1. The molecule has 2 aliphatic rings. The first-order chi connectivity index (χ1) is 17.3. The Morgan fingerprint density at radius 1 is 1.00 bits per heavy atom. The summed E-state index contributed by atoms with van der Waals surface area (Å²) in [5.74, 6) is 0.0602. The number of hydrogen-bond acceptors (Lipinski definition) is 6. The van der Waals surface area contributed by atoms with Crippen molar-refractivity contribution >= 4 is 33.2 Å². The molecule has 10 heteroatoms. The van der Waals surface area contributed by atoms with Crippen LogP contribution < -0.4 is 19.9 Å². The fourth-order valence-corrected chi connectivity index (χ4v) is 6.10. The Morgan fingerprint density at radius 3 is 2.28 bits per heavy atom. The minimum atomic E-state index is -3.40. The van der Waals surface area contributed by atoms with Crippen LogP contribution in [0.5, 0.6) is 5.75 Å². The van der Waals surface area contributed by atoms with Crippen LogP contribution in [0.15, 0.2) is 48.5 Å². The predicted molar refractivity (Wildman–Crippen MR) is 140 cm³/mol. The van der Waals surface area contributed by atoms with E-state index < -0.39 is 15.9 Å². The molecule has 2 saturated heterocycles. The minimum absolute atomic E-state index is 0.0189.